The van der Waals surface area contributed by atoms with Crippen molar-refractivity contribution in [3.63, 3.8) is 0 Å². The van der Waals surface area contributed by atoms with Crippen molar-refractivity contribution in [2.75, 3.05) is 19.6 Å². The SMILES string of the molecule is CC(C)C(=O)N1CCC[C@H](c2nc3c(c(=O)[nH]2)CN(C(=O)C2CC2)CC3)C1. The summed E-state index contributed by atoms with van der Waals surface area (Å²) in [5.74, 6) is 1.26. The Bertz CT molecular complexity index is 812. The molecule has 3 heterocycles. The van der Waals surface area contributed by atoms with Gasteiger partial charge in [-0.2, -0.15) is 0 Å². The predicted octanol–water partition coefficient (Wildman–Crippen LogP) is 1.43. The van der Waals surface area contributed by atoms with E-state index in [1.54, 1.807) is 4.90 Å². The maximum absolute atomic E-state index is 12.7. The van der Waals surface area contributed by atoms with E-state index in [1.165, 1.54) is 0 Å². The van der Waals surface area contributed by atoms with Crippen molar-refractivity contribution in [1.29, 1.82) is 0 Å². The maximum atomic E-state index is 12.7. The molecular weight excluding hydrogens is 344 g/mol. The molecule has 0 spiro atoms. The fraction of sp³-hybridized carbons (Fsp3) is 0.700. The zero-order valence-electron chi connectivity index (χ0n) is 16.2. The minimum atomic E-state index is -0.129. The highest BCUT2D eigenvalue weighted by Gasteiger charge is 2.36. The van der Waals surface area contributed by atoms with Crippen LogP contribution in [0.5, 0.6) is 0 Å². The summed E-state index contributed by atoms with van der Waals surface area (Å²) >= 11 is 0. The van der Waals surface area contributed by atoms with Crippen molar-refractivity contribution in [2.24, 2.45) is 11.8 Å². The molecule has 4 rings (SSSR count). The number of carbonyl (C=O) groups is 2. The van der Waals surface area contributed by atoms with Crippen LogP contribution in [0.15, 0.2) is 4.79 Å². The summed E-state index contributed by atoms with van der Waals surface area (Å²) in [6.07, 6.45) is 4.43. The third-order valence-electron chi connectivity index (χ3n) is 5.94. The number of likely N-dealkylation sites (tertiary alicyclic amines) is 1. The standard InChI is InChI=1S/C20H28N4O3/c1-12(2)19(26)23-8-3-4-14(10-23)17-21-16-7-9-24(20(27)13-5-6-13)11-15(16)18(25)22-17/h12-14H,3-11H2,1-2H3,(H,21,22,25)/t14-/m0/s1. The number of fused-ring (bicyclic) bond motifs is 1. The number of H-pyrrole nitrogens is 1. The molecule has 2 aliphatic heterocycles. The van der Waals surface area contributed by atoms with Gasteiger partial charge in [0.1, 0.15) is 5.82 Å². The Hall–Kier alpha value is -2.18. The Morgan fingerprint density at radius 3 is 2.63 bits per heavy atom. The van der Waals surface area contributed by atoms with Crippen LogP contribution in [0.1, 0.15) is 62.5 Å². The van der Waals surface area contributed by atoms with Crippen molar-refractivity contribution in [1.82, 2.24) is 19.8 Å². The highest BCUT2D eigenvalue weighted by molar-refractivity contribution is 5.81. The summed E-state index contributed by atoms with van der Waals surface area (Å²) in [5.41, 5.74) is 1.32. The van der Waals surface area contributed by atoms with Gasteiger partial charge < -0.3 is 14.8 Å². The Kier molecular flexibility index (Phi) is 4.78. The lowest BCUT2D eigenvalue weighted by Crippen LogP contribution is -2.43. The molecule has 146 valence electrons. The summed E-state index contributed by atoms with van der Waals surface area (Å²) in [5, 5.41) is 0. The number of nitrogens with one attached hydrogen (secondary N) is 1. The lowest BCUT2D eigenvalue weighted by Gasteiger charge is -2.34. The molecule has 7 heteroatoms. The molecule has 27 heavy (non-hydrogen) atoms. The number of carbonyl (C=O) groups excluding carboxylic acids is 2. The molecule has 2 amide bonds. The number of amides is 2. The quantitative estimate of drug-likeness (QED) is 0.870. The monoisotopic (exact) mass is 372 g/mol. The fourth-order valence-electron chi connectivity index (χ4n) is 4.18. The molecular formula is C20H28N4O3. The number of nitrogens with zero attached hydrogens (tertiary/aromatic N) is 3. The number of aromatic amines is 1. The smallest absolute Gasteiger partial charge is 0.256 e. The third kappa shape index (κ3) is 3.64. The van der Waals surface area contributed by atoms with Gasteiger partial charge in [-0.1, -0.05) is 13.8 Å². The molecule has 7 nitrogen and oxygen atoms in total. The summed E-state index contributed by atoms with van der Waals surface area (Å²) < 4.78 is 0. The molecule has 1 aromatic rings. The molecule has 1 saturated carbocycles. The van der Waals surface area contributed by atoms with E-state index in [2.05, 4.69) is 4.98 Å². The van der Waals surface area contributed by atoms with Gasteiger partial charge in [-0.15, -0.1) is 0 Å². The van der Waals surface area contributed by atoms with E-state index in [-0.39, 0.29) is 35.1 Å². The van der Waals surface area contributed by atoms with Gasteiger partial charge in [-0.25, -0.2) is 4.98 Å². The average molecular weight is 372 g/mol. The van der Waals surface area contributed by atoms with Crippen molar-refractivity contribution < 1.29 is 9.59 Å². The maximum Gasteiger partial charge on any atom is 0.256 e. The van der Waals surface area contributed by atoms with Crippen LogP contribution in [0.2, 0.25) is 0 Å². The minimum Gasteiger partial charge on any atom is -0.342 e. The molecule has 0 radical (unpaired) electrons. The largest absolute Gasteiger partial charge is 0.342 e. The second-order valence-electron chi connectivity index (χ2n) is 8.44. The Labute approximate surface area is 159 Å². The van der Waals surface area contributed by atoms with Crippen molar-refractivity contribution in [3.8, 4) is 0 Å². The zero-order valence-corrected chi connectivity index (χ0v) is 16.2. The Morgan fingerprint density at radius 2 is 1.93 bits per heavy atom. The number of hydrogen-bond acceptors (Lipinski definition) is 4. The van der Waals surface area contributed by atoms with Crippen LogP contribution < -0.4 is 5.56 Å². The van der Waals surface area contributed by atoms with Gasteiger partial charge in [0.2, 0.25) is 11.8 Å². The number of piperidine rings is 1. The van der Waals surface area contributed by atoms with Crippen molar-refractivity contribution in [2.45, 2.75) is 58.4 Å². The van der Waals surface area contributed by atoms with E-state index < -0.39 is 0 Å². The van der Waals surface area contributed by atoms with Gasteiger partial charge in [-0.05, 0) is 25.7 Å². The van der Waals surface area contributed by atoms with Gasteiger partial charge in [0.15, 0.2) is 0 Å². The minimum absolute atomic E-state index is 0.0192. The topological polar surface area (TPSA) is 86.4 Å². The summed E-state index contributed by atoms with van der Waals surface area (Å²) in [6.45, 7) is 6.24. The highest BCUT2D eigenvalue weighted by atomic mass is 16.2. The normalized spacial score (nSPS) is 22.7. The van der Waals surface area contributed by atoms with Crippen molar-refractivity contribution >= 4 is 11.8 Å². The summed E-state index contributed by atoms with van der Waals surface area (Å²) in [7, 11) is 0. The van der Waals surface area contributed by atoms with E-state index in [9.17, 15) is 14.4 Å². The van der Waals surface area contributed by atoms with Gasteiger partial charge in [0.05, 0.1) is 17.8 Å². The van der Waals surface area contributed by atoms with E-state index in [0.717, 1.165) is 37.9 Å². The van der Waals surface area contributed by atoms with Crippen LogP contribution in [0, 0.1) is 11.8 Å². The molecule has 1 saturated heterocycles. The molecule has 0 aromatic carbocycles. The second-order valence-corrected chi connectivity index (χ2v) is 8.44. The number of hydrogen-bond donors (Lipinski definition) is 1. The van der Waals surface area contributed by atoms with E-state index in [0.29, 0.717) is 37.4 Å². The van der Waals surface area contributed by atoms with Crippen molar-refractivity contribution in [3.05, 3.63) is 27.4 Å². The van der Waals surface area contributed by atoms with Crippen LogP contribution in [-0.4, -0.2) is 51.2 Å². The first kappa shape index (κ1) is 18.2. The predicted molar refractivity (Wildman–Crippen MR) is 100 cm³/mol. The van der Waals surface area contributed by atoms with Crippen LogP contribution in [-0.2, 0) is 22.6 Å². The van der Waals surface area contributed by atoms with Gasteiger partial charge in [0.25, 0.3) is 5.56 Å². The number of aromatic nitrogens is 2. The van der Waals surface area contributed by atoms with Gasteiger partial charge >= 0.3 is 0 Å². The van der Waals surface area contributed by atoms with Crippen LogP contribution in [0.25, 0.3) is 0 Å². The molecule has 1 atom stereocenters. The van der Waals surface area contributed by atoms with Crippen LogP contribution in [0.4, 0.5) is 0 Å². The molecule has 0 unspecified atom stereocenters. The van der Waals surface area contributed by atoms with E-state index in [4.69, 9.17) is 4.98 Å². The lowest BCUT2D eigenvalue weighted by molar-refractivity contribution is -0.135. The molecule has 0 bridgehead atoms. The average Bonchev–Trinajstić information content (AvgIpc) is 3.52. The molecule has 1 aliphatic carbocycles. The van der Waals surface area contributed by atoms with E-state index >= 15 is 0 Å². The van der Waals surface area contributed by atoms with Crippen LogP contribution in [0.3, 0.4) is 0 Å². The van der Waals surface area contributed by atoms with E-state index in [1.807, 2.05) is 18.7 Å². The molecule has 2 fully saturated rings. The van der Waals surface area contributed by atoms with Gasteiger partial charge in [-0.3, -0.25) is 14.4 Å². The summed E-state index contributed by atoms with van der Waals surface area (Å²) in [6, 6.07) is 0. The summed E-state index contributed by atoms with van der Waals surface area (Å²) in [4.78, 5) is 48.7. The Balaban J connectivity index is 1.52. The second kappa shape index (κ2) is 7.09. The zero-order chi connectivity index (χ0) is 19.1. The lowest BCUT2D eigenvalue weighted by atomic mass is 9.95. The first-order valence-corrected chi connectivity index (χ1v) is 10.1. The molecule has 3 aliphatic rings. The fourth-order valence-corrected chi connectivity index (χ4v) is 4.18. The molecule has 1 aromatic heterocycles. The molecule has 1 N–H and O–H groups in total. The Morgan fingerprint density at radius 1 is 1.15 bits per heavy atom. The van der Waals surface area contributed by atoms with Gasteiger partial charge in [0, 0.05) is 43.8 Å². The first-order chi connectivity index (χ1) is 12.9. The highest BCUT2D eigenvalue weighted by Crippen LogP contribution is 2.32. The first-order valence-electron chi connectivity index (χ1n) is 10.1. The number of rotatable bonds is 3. The third-order valence-corrected chi connectivity index (χ3v) is 5.94. The van der Waals surface area contributed by atoms with Crippen LogP contribution >= 0.6 is 0 Å².